The van der Waals surface area contributed by atoms with Gasteiger partial charge in [-0.25, -0.2) is 0 Å². The Bertz CT molecular complexity index is 696. The largest absolute Gasteiger partial charge is 0.507 e. The van der Waals surface area contributed by atoms with Crippen molar-refractivity contribution < 1.29 is 24.5 Å². The zero-order valence-corrected chi connectivity index (χ0v) is 11.4. The van der Waals surface area contributed by atoms with Crippen molar-refractivity contribution in [3.63, 3.8) is 0 Å². The molecule has 0 aliphatic carbocycles. The van der Waals surface area contributed by atoms with E-state index in [-0.39, 0.29) is 30.2 Å². The zero-order valence-electron chi connectivity index (χ0n) is 11.4. The van der Waals surface area contributed by atoms with Crippen molar-refractivity contribution in [2.45, 2.75) is 6.92 Å². The molecule has 0 saturated carbocycles. The summed E-state index contributed by atoms with van der Waals surface area (Å²) in [7, 11) is 0. The molecule has 0 atom stereocenters. The van der Waals surface area contributed by atoms with E-state index in [0.717, 1.165) is 0 Å². The molecular formula is C15H15NO5. The summed E-state index contributed by atoms with van der Waals surface area (Å²) in [4.78, 5) is 23.1. The number of carbonyl (C=O) groups excluding carboxylic acids is 2. The number of nitrogens with one attached hydrogen (secondary N) is 1. The van der Waals surface area contributed by atoms with Gasteiger partial charge < -0.3 is 20.3 Å². The molecule has 3 N–H and O–H groups in total. The fourth-order valence-electron chi connectivity index (χ4n) is 1.94. The molecule has 0 bridgehead atoms. The first kappa shape index (κ1) is 14.6. The molecule has 0 saturated heterocycles. The summed E-state index contributed by atoms with van der Waals surface area (Å²) in [6, 6.07) is 7.59. The minimum Gasteiger partial charge on any atom is -0.507 e. The molecule has 6 heteroatoms. The minimum absolute atomic E-state index is 0.0151. The maximum atomic E-state index is 12.0. The quantitative estimate of drug-likeness (QED) is 0.742. The van der Waals surface area contributed by atoms with E-state index in [1.807, 2.05) is 0 Å². The van der Waals surface area contributed by atoms with Crippen LogP contribution in [0.5, 0.6) is 11.5 Å². The molecule has 0 aliphatic heterocycles. The molecule has 6 nitrogen and oxygen atoms in total. The van der Waals surface area contributed by atoms with Crippen molar-refractivity contribution in [3.05, 3.63) is 35.9 Å². The Balaban J connectivity index is 2.23. The lowest BCUT2D eigenvalue weighted by atomic mass is 10.0. The number of benzene rings is 2. The van der Waals surface area contributed by atoms with Crippen molar-refractivity contribution in [1.82, 2.24) is 5.32 Å². The van der Waals surface area contributed by atoms with Crippen molar-refractivity contribution in [1.29, 1.82) is 0 Å². The van der Waals surface area contributed by atoms with Crippen LogP contribution in [0.2, 0.25) is 0 Å². The average molecular weight is 289 g/mol. The van der Waals surface area contributed by atoms with Crippen LogP contribution in [0.1, 0.15) is 17.3 Å². The first-order valence-electron chi connectivity index (χ1n) is 6.41. The number of hydrogen-bond donors (Lipinski definition) is 3. The number of aromatic hydroxyl groups is 2. The Hall–Kier alpha value is -2.76. The lowest BCUT2D eigenvalue weighted by molar-refractivity contribution is -0.141. The van der Waals surface area contributed by atoms with Crippen LogP contribution >= 0.6 is 0 Å². The molecule has 0 spiro atoms. The fraction of sp³-hybridized carbons (Fsp3) is 0.200. The molecule has 0 fully saturated rings. The van der Waals surface area contributed by atoms with Gasteiger partial charge in [0.05, 0.1) is 12.2 Å². The minimum atomic E-state index is -0.592. The average Bonchev–Trinajstić information content (AvgIpc) is 2.45. The topological polar surface area (TPSA) is 95.9 Å². The third kappa shape index (κ3) is 3.22. The monoisotopic (exact) mass is 289 g/mol. The molecule has 0 aromatic heterocycles. The van der Waals surface area contributed by atoms with Gasteiger partial charge in [0.15, 0.2) is 0 Å². The third-order valence-electron chi connectivity index (χ3n) is 2.92. The Morgan fingerprint density at radius 3 is 2.67 bits per heavy atom. The Morgan fingerprint density at radius 1 is 1.19 bits per heavy atom. The first-order valence-corrected chi connectivity index (χ1v) is 6.41. The number of rotatable bonds is 4. The van der Waals surface area contributed by atoms with E-state index in [9.17, 15) is 19.8 Å². The summed E-state index contributed by atoms with van der Waals surface area (Å²) < 4.78 is 4.70. The molecular weight excluding hydrogens is 274 g/mol. The SMILES string of the molecule is CCOC(=O)CNC(=O)c1cc2cccc(O)c2cc1O. The molecule has 2 aromatic carbocycles. The highest BCUT2D eigenvalue weighted by atomic mass is 16.5. The van der Waals surface area contributed by atoms with Crippen molar-refractivity contribution in [2.24, 2.45) is 0 Å². The predicted molar refractivity (Wildman–Crippen MR) is 76.2 cm³/mol. The van der Waals surface area contributed by atoms with E-state index in [1.54, 1.807) is 19.1 Å². The van der Waals surface area contributed by atoms with E-state index in [2.05, 4.69) is 5.32 Å². The number of carbonyl (C=O) groups is 2. The highest BCUT2D eigenvalue weighted by Gasteiger charge is 2.14. The highest BCUT2D eigenvalue weighted by molar-refractivity contribution is 6.03. The summed E-state index contributed by atoms with van der Waals surface area (Å²) in [5.74, 6) is -1.40. The van der Waals surface area contributed by atoms with Gasteiger partial charge in [-0.3, -0.25) is 9.59 Å². The summed E-state index contributed by atoms with van der Waals surface area (Å²) in [6.07, 6.45) is 0. The number of esters is 1. The van der Waals surface area contributed by atoms with E-state index >= 15 is 0 Å². The molecule has 21 heavy (non-hydrogen) atoms. The fourth-order valence-corrected chi connectivity index (χ4v) is 1.94. The smallest absolute Gasteiger partial charge is 0.325 e. The molecule has 2 aromatic rings. The van der Waals surface area contributed by atoms with Crippen LogP contribution in [0.4, 0.5) is 0 Å². The van der Waals surface area contributed by atoms with Crippen molar-refractivity contribution in [3.8, 4) is 11.5 Å². The highest BCUT2D eigenvalue weighted by Crippen LogP contribution is 2.30. The molecule has 2 rings (SSSR count). The second-order valence-corrected chi connectivity index (χ2v) is 4.36. The number of fused-ring (bicyclic) bond motifs is 1. The number of phenols is 2. The van der Waals surface area contributed by atoms with Gasteiger partial charge in [0.25, 0.3) is 5.91 Å². The predicted octanol–water partition coefficient (Wildman–Crippen LogP) is 1.54. The summed E-state index contributed by atoms with van der Waals surface area (Å²) in [6.45, 7) is 1.63. The van der Waals surface area contributed by atoms with Crippen molar-refractivity contribution in [2.75, 3.05) is 13.2 Å². The molecule has 0 heterocycles. The molecule has 110 valence electrons. The number of ether oxygens (including phenoxy) is 1. The van der Waals surface area contributed by atoms with Crippen LogP contribution in [0, 0.1) is 0 Å². The van der Waals surface area contributed by atoms with Gasteiger partial charge in [0.2, 0.25) is 0 Å². The lowest BCUT2D eigenvalue weighted by Crippen LogP contribution is -2.30. The van der Waals surface area contributed by atoms with Crippen molar-refractivity contribution >= 4 is 22.6 Å². The Labute approximate surface area is 121 Å². The van der Waals surface area contributed by atoms with E-state index in [4.69, 9.17) is 4.74 Å². The maximum absolute atomic E-state index is 12.0. The zero-order chi connectivity index (χ0) is 15.4. The second-order valence-electron chi connectivity index (χ2n) is 4.36. The lowest BCUT2D eigenvalue weighted by Gasteiger charge is -2.09. The van der Waals surface area contributed by atoms with E-state index in [1.165, 1.54) is 18.2 Å². The first-order chi connectivity index (χ1) is 10.0. The van der Waals surface area contributed by atoms with Crippen LogP contribution in [0.15, 0.2) is 30.3 Å². The maximum Gasteiger partial charge on any atom is 0.325 e. The van der Waals surface area contributed by atoms with Crippen LogP contribution in [-0.2, 0) is 9.53 Å². The molecule has 0 aliphatic rings. The standard InChI is InChI=1S/C15H15NO5/c1-2-21-14(19)8-16-15(20)11-6-9-4-3-5-12(17)10(9)7-13(11)18/h3-7,17-18H,2,8H2,1H3,(H,16,20). The molecule has 0 unspecified atom stereocenters. The number of amides is 1. The van der Waals surface area contributed by atoms with E-state index in [0.29, 0.717) is 10.8 Å². The van der Waals surface area contributed by atoms with Gasteiger partial charge in [0.1, 0.15) is 18.0 Å². The Kier molecular flexibility index (Phi) is 4.27. The van der Waals surface area contributed by atoms with Crippen LogP contribution in [0.25, 0.3) is 10.8 Å². The second kappa shape index (κ2) is 6.13. The van der Waals surface area contributed by atoms with Gasteiger partial charge in [-0.05, 0) is 30.5 Å². The van der Waals surface area contributed by atoms with Crippen LogP contribution < -0.4 is 5.32 Å². The van der Waals surface area contributed by atoms with E-state index < -0.39 is 11.9 Å². The summed E-state index contributed by atoms with van der Waals surface area (Å²) in [5.41, 5.74) is 0.0254. The Morgan fingerprint density at radius 2 is 1.95 bits per heavy atom. The third-order valence-corrected chi connectivity index (χ3v) is 2.92. The van der Waals surface area contributed by atoms with Gasteiger partial charge in [0, 0.05) is 5.39 Å². The summed E-state index contributed by atoms with van der Waals surface area (Å²) in [5, 5.41) is 23.0. The van der Waals surface area contributed by atoms with Gasteiger partial charge in [-0.15, -0.1) is 0 Å². The van der Waals surface area contributed by atoms with Crippen LogP contribution in [-0.4, -0.2) is 35.2 Å². The van der Waals surface area contributed by atoms with Crippen LogP contribution in [0.3, 0.4) is 0 Å². The normalized spacial score (nSPS) is 10.3. The number of phenolic OH excluding ortho intramolecular Hbond substituents is 2. The van der Waals surface area contributed by atoms with Gasteiger partial charge in [-0.1, -0.05) is 12.1 Å². The molecule has 1 amide bonds. The number of hydrogen-bond acceptors (Lipinski definition) is 5. The van der Waals surface area contributed by atoms with Gasteiger partial charge in [-0.2, -0.15) is 0 Å². The summed E-state index contributed by atoms with van der Waals surface area (Å²) >= 11 is 0. The molecule has 0 radical (unpaired) electrons. The van der Waals surface area contributed by atoms with Gasteiger partial charge >= 0.3 is 5.97 Å².